The van der Waals surface area contributed by atoms with E-state index in [1.807, 2.05) is 6.92 Å². The lowest BCUT2D eigenvalue weighted by molar-refractivity contribution is -0.0782. The zero-order valence-electron chi connectivity index (χ0n) is 9.91. The van der Waals surface area contributed by atoms with Crippen molar-refractivity contribution in [1.82, 2.24) is 0 Å². The Labute approximate surface area is 96.2 Å². The highest BCUT2D eigenvalue weighted by molar-refractivity contribution is 4.94. The molecule has 5 unspecified atom stereocenters. The van der Waals surface area contributed by atoms with Crippen LogP contribution in [0, 0.1) is 17.8 Å². The Morgan fingerprint density at radius 1 is 1.00 bits per heavy atom. The Hall–Kier alpha value is -0.180. The van der Waals surface area contributed by atoms with Gasteiger partial charge in [0, 0.05) is 0 Å². The van der Waals surface area contributed by atoms with E-state index in [4.69, 9.17) is 0 Å². The lowest BCUT2D eigenvalue weighted by Gasteiger charge is -2.42. The summed E-state index contributed by atoms with van der Waals surface area (Å²) in [6.45, 7) is 1.96. The van der Waals surface area contributed by atoms with E-state index in [9.17, 15) is 13.9 Å². The average Bonchev–Trinajstić information content (AvgIpc) is 2.28. The maximum absolute atomic E-state index is 14.0. The molecule has 2 fully saturated rings. The second kappa shape index (κ2) is 4.99. The minimum Gasteiger partial charge on any atom is -0.390 e. The SMILES string of the molecule is CC1CC(O)C(F)C(F)C1C1CCCCC1. The zero-order valence-corrected chi connectivity index (χ0v) is 9.91. The van der Waals surface area contributed by atoms with E-state index < -0.39 is 18.4 Å². The van der Waals surface area contributed by atoms with E-state index in [0.717, 1.165) is 25.7 Å². The van der Waals surface area contributed by atoms with Gasteiger partial charge in [0.2, 0.25) is 0 Å². The summed E-state index contributed by atoms with van der Waals surface area (Å²) in [7, 11) is 0. The molecule has 2 aliphatic carbocycles. The maximum Gasteiger partial charge on any atom is 0.157 e. The van der Waals surface area contributed by atoms with Gasteiger partial charge in [-0.3, -0.25) is 0 Å². The standard InChI is InChI=1S/C13H22F2O/c1-8-7-10(16)12(14)13(15)11(8)9-5-3-2-4-6-9/h8-13,16H,2-7H2,1H3. The van der Waals surface area contributed by atoms with Crippen molar-refractivity contribution in [2.24, 2.45) is 17.8 Å². The van der Waals surface area contributed by atoms with Crippen LogP contribution in [0.3, 0.4) is 0 Å². The molecular weight excluding hydrogens is 210 g/mol. The monoisotopic (exact) mass is 232 g/mol. The molecule has 2 aliphatic rings. The first-order chi connectivity index (χ1) is 7.61. The number of halogens is 2. The summed E-state index contributed by atoms with van der Waals surface area (Å²) < 4.78 is 27.5. The largest absolute Gasteiger partial charge is 0.390 e. The summed E-state index contributed by atoms with van der Waals surface area (Å²) in [6, 6.07) is 0. The first-order valence-electron chi connectivity index (χ1n) is 6.57. The zero-order chi connectivity index (χ0) is 11.7. The first-order valence-corrected chi connectivity index (χ1v) is 6.57. The fraction of sp³-hybridized carbons (Fsp3) is 1.00. The van der Waals surface area contributed by atoms with E-state index >= 15 is 0 Å². The van der Waals surface area contributed by atoms with Crippen molar-refractivity contribution >= 4 is 0 Å². The highest BCUT2D eigenvalue weighted by Gasteiger charge is 2.46. The van der Waals surface area contributed by atoms with Crippen molar-refractivity contribution < 1.29 is 13.9 Å². The van der Waals surface area contributed by atoms with Crippen molar-refractivity contribution in [1.29, 1.82) is 0 Å². The van der Waals surface area contributed by atoms with Gasteiger partial charge >= 0.3 is 0 Å². The van der Waals surface area contributed by atoms with Gasteiger partial charge in [-0.25, -0.2) is 8.78 Å². The van der Waals surface area contributed by atoms with E-state index in [-0.39, 0.29) is 11.8 Å². The molecule has 1 N–H and O–H groups in total. The van der Waals surface area contributed by atoms with Crippen molar-refractivity contribution in [2.45, 2.75) is 63.9 Å². The predicted molar refractivity (Wildman–Crippen MR) is 59.6 cm³/mol. The fourth-order valence-electron chi connectivity index (χ4n) is 3.65. The van der Waals surface area contributed by atoms with Crippen molar-refractivity contribution in [3.63, 3.8) is 0 Å². The van der Waals surface area contributed by atoms with E-state index in [2.05, 4.69) is 0 Å². The van der Waals surface area contributed by atoms with Gasteiger partial charge in [-0.15, -0.1) is 0 Å². The highest BCUT2D eigenvalue weighted by Crippen LogP contribution is 2.43. The van der Waals surface area contributed by atoms with Crippen molar-refractivity contribution in [2.75, 3.05) is 0 Å². The van der Waals surface area contributed by atoms with Crippen LogP contribution in [0.1, 0.15) is 45.4 Å². The van der Waals surface area contributed by atoms with Crippen molar-refractivity contribution in [3.8, 4) is 0 Å². The molecule has 2 rings (SSSR count). The molecule has 0 amide bonds. The molecule has 0 saturated heterocycles. The molecule has 0 heterocycles. The van der Waals surface area contributed by atoms with Gasteiger partial charge in [0.1, 0.15) is 6.17 Å². The van der Waals surface area contributed by atoms with Crippen molar-refractivity contribution in [3.05, 3.63) is 0 Å². The number of alkyl halides is 2. The second-order valence-electron chi connectivity index (χ2n) is 5.64. The molecule has 0 aromatic rings. The third-order valence-electron chi connectivity index (χ3n) is 4.50. The van der Waals surface area contributed by atoms with E-state index in [1.165, 1.54) is 6.42 Å². The van der Waals surface area contributed by atoms with Crippen LogP contribution >= 0.6 is 0 Å². The molecule has 2 saturated carbocycles. The smallest absolute Gasteiger partial charge is 0.157 e. The molecule has 0 aromatic carbocycles. The molecule has 5 atom stereocenters. The van der Waals surface area contributed by atoms with Gasteiger partial charge < -0.3 is 5.11 Å². The summed E-state index contributed by atoms with van der Waals surface area (Å²) in [4.78, 5) is 0. The summed E-state index contributed by atoms with van der Waals surface area (Å²) >= 11 is 0. The van der Waals surface area contributed by atoms with Crippen LogP contribution in [-0.2, 0) is 0 Å². The highest BCUT2D eigenvalue weighted by atomic mass is 19.2. The van der Waals surface area contributed by atoms with Crippen LogP contribution in [0.15, 0.2) is 0 Å². The Kier molecular flexibility index (Phi) is 3.83. The minimum absolute atomic E-state index is 0.111. The first kappa shape index (κ1) is 12.3. The summed E-state index contributed by atoms with van der Waals surface area (Å²) in [5, 5.41) is 9.42. The summed E-state index contributed by atoms with van der Waals surface area (Å²) in [6.07, 6.45) is 1.82. The molecule has 3 heteroatoms. The minimum atomic E-state index is -1.66. The third-order valence-corrected chi connectivity index (χ3v) is 4.50. The van der Waals surface area contributed by atoms with Gasteiger partial charge in [-0.2, -0.15) is 0 Å². The molecule has 0 bridgehead atoms. The summed E-state index contributed by atoms with van der Waals surface area (Å²) in [5.74, 6) is 0.281. The molecule has 0 aromatic heterocycles. The normalized spacial score (nSPS) is 46.9. The third kappa shape index (κ3) is 2.24. The predicted octanol–water partition coefficient (Wildman–Crippen LogP) is 3.26. The van der Waals surface area contributed by atoms with Gasteiger partial charge in [-0.1, -0.05) is 39.0 Å². The van der Waals surface area contributed by atoms with E-state index in [1.54, 1.807) is 0 Å². The lowest BCUT2D eigenvalue weighted by Crippen LogP contribution is -2.48. The van der Waals surface area contributed by atoms with Gasteiger partial charge in [0.05, 0.1) is 6.10 Å². The molecule has 0 radical (unpaired) electrons. The quantitative estimate of drug-likeness (QED) is 0.735. The number of aliphatic hydroxyl groups excluding tert-OH is 1. The van der Waals surface area contributed by atoms with Gasteiger partial charge in [0.15, 0.2) is 6.17 Å². The van der Waals surface area contributed by atoms with Crippen LogP contribution in [0.4, 0.5) is 8.78 Å². The molecule has 16 heavy (non-hydrogen) atoms. The van der Waals surface area contributed by atoms with Crippen LogP contribution in [0.2, 0.25) is 0 Å². The van der Waals surface area contributed by atoms with Crippen LogP contribution in [-0.4, -0.2) is 23.6 Å². The van der Waals surface area contributed by atoms with Gasteiger partial charge in [0.25, 0.3) is 0 Å². The maximum atomic E-state index is 14.0. The Balaban J connectivity index is 2.05. The molecule has 0 spiro atoms. The second-order valence-corrected chi connectivity index (χ2v) is 5.64. The number of hydrogen-bond acceptors (Lipinski definition) is 1. The van der Waals surface area contributed by atoms with E-state index in [0.29, 0.717) is 12.3 Å². The number of aliphatic hydroxyl groups is 1. The van der Waals surface area contributed by atoms with Crippen LogP contribution < -0.4 is 0 Å². The Bertz CT molecular complexity index is 226. The van der Waals surface area contributed by atoms with Crippen LogP contribution in [0.5, 0.6) is 0 Å². The van der Waals surface area contributed by atoms with Crippen LogP contribution in [0.25, 0.3) is 0 Å². The Morgan fingerprint density at radius 3 is 2.25 bits per heavy atom. The van der Waals surface area contributed by atoms with Gasteiger partial charge in [-0.05, 0) is 24.2 Å². The summed E-state index contributed by atoms with van der Waals surface area (Å²) in [5.41, 5.74) is 0. The molecule has 94 valence electrons. The number of hydrogen-bond donors (Lipinski definition) is 1. The Morgan fingerprint density at radius 2 is 1.62 bits per heavy atom. The molecule has 0 aliphatic heterocycles. The average molecular weight is 232 g/mol. The fourth-order valence-corrected chi connectivity index (χ4v) is 3.65. The molecular formula is C13H22F2O. The number of rotatable bonds is 1. The topological polar surface area (TPSA) is 20.2 Å². The lowest BCUT2D eigenvalue weighted by atomic mass is 9.66. The molecule has 1 nitrogen and oxygen atoms in total.